The van der Waals surface area contributed by atoms with Gasteiger partial charge in [0.05, 0.1) is 13.0 Å². The van der Waals surface area contributed by atoms with Gasteiger partial charge in [-0.15, -0.1) is 0 Å². The predicted molar refractivity (Wildman–Crippen MR) is 88.6 cm³/mol. The van der Waals surface area contributed by atoms with Crippen LogP contribution in [-0.2, 0) is 16.0 Å². The Kier molecular flexibility index (Phi) is 4.55. The van der Waals surface area contributed by atoms with Crippen LogP contribution in [-0.4, -0.2) is 38.6 Å². The summed E-state index contributed by atoms with van der Waals surface area (Å²) in [4.78, 5) is 26.4. The van der Waals surface area contributed by atoms with Crippen molar-refractivity contribution in [2.24, 2.45) is 5.92 Å². The lowest BCUT2D eigenvalue weighted by Crippen LogP contribution is -2.40. The molecule has 1 fully saturated rings. The molecule has 0 spiro atoms. The van der Waals surface area contributed by atoms with Crippen molar-refractivity contribution in [2.75, 3.05) is 25.6 Å². The van der Waals surface area contributed by atoms with Gasteiger partial charge in [0.2, 0.25) is 0 Å². The molecule has 2 atom stereocenters. The first-order valence-electron chi connectivity index (χ1n) is 8.31. The second-order valence-electron chi connectivity index (χ2n) is 6.57. The highest BCUT2D eigenvalue weighted by atomic mass is 16.5. The summed E-state index contributed by atoms with van der Waals surface area (Å²) in [5.41, 5.74) is 3.14. The summed E-state index contributed by atoms with van der Waals surface area (Å²) in [6, 6.07) is 5.96. The van der Waals surface area contributed by atoms with E-state index in [0.717, 1.165) is 37.9 Å². The van der Waals surface area contributed by atoms with E-state index in [1.807, 2.05) is 18.2 Å². The smallest absolute Gasteiger partial charge is 0.308 e. The molecule has 1 aromatic carbocycles. The lowest BCUT2D eigenvalue weighted by Gasteiger charge is -2.28. The van der Waals surface area contributed by atoms with E-state index >= 15 is 0 Å². The summed E-state index contributed by atoms with van der Waals surface area (Å²) in [6.45, 7) is 1.00. The number of ether oxygens (including phenoxy) is 1. The number of hydrogen-bond donors (Lipinski definition) is 1. The van der Waals surface area contributed by atoms with Gasteiger partial charge < -0.3 is 15.0 Å². The van der Waals surface area contributed by atoms with Crippen molar-refractivity contribution in [1.29, 1.82) is 0 Å². The van der Waals surface area contributed by atoms with Crippen LogP contribution < -0.4 is 10.2 Å². The molecule has 1 aliphatic heterocycles. The number of carbonyl (C=O) groups excluding carboxylic acids is 2. The molecule has 0 bridgehead atoms. The molecule has 2 aliphatic rings. The maximum Gasteiger partial charge on any atom is 0.308 e. The second-order valence-corrected chi connectivity index (χ2v) is 6.57. The van der Waals surface area contributed by atoms with E-state index in [0.29, 0.717) is 12.0 Å². The summed E-state index contributed by atoms with van der Waals surface area (Å²) >= 11 is 0. The third-order valence-electron chi connectivity index (χ3n) is 5.02. The highest BCUT2D eigenvalue weighted by Gasteiger charge is 2.29. The van der Waals surface area contributed by atoms with Crippen molar-refractivity contribution in [1.82, 2.24) is 5.32 Å². The number of anilines is 1. The highest BCUT2D eigenvalue weighted by Crippen LogP contribution is 2.28. The molecule has 1 N–H and O–H groups in total. The average molecular weight is 316 g/mol. The van der Waals surface area contributed by atoms with Gasteiger partial charge in [0.1, 0.15) is 0 Å². The van der Waals surface area contributed by atoms with Gasteiger partial charge in [-0.1, -0.05) is 12.5 Å². The number of likely N-dealkylation sites (N-methyl/N-ethyl adjacent to an activating group) is 1. The Morgan fingerprint density at radius 2 is 2.13 bits per heavy atom. The molecule has 5 nitrogen and oxygen atoms in total. The number of amides is 1. The maximum atomic E-state index is 12.5. The lowest BCUT2D eigenvalue weighted by molar-refractivity contribution is -0.146. The first-order valence-corrected chi connectivity index (χ1v) is 8.31. The standard InChI is InChI=1S/C18H24N2O3/c1-20-9-8-12-6-7-13(11-16(12)20)17(21)19-15-5-3-4-14(10-15)18(22)23-2/h6-7,11,14-15H,3-5,8-10H2,1-2H3,(H,19,21). The monoisotopic (exact) mass is 316 g/mol. The van der Waals surface area contributed by atoms with Crippen molar-refractivity contribution in [3.05, 3.63) is 29.3 Å². The number of nitrogens with zero attached hydrogens (tertiary/aromatic N) is 1. The summed E-state index contributed by atoms with van der Waals surface area (Å²) in [6.07, 6.45) is 4.42. The zero-order valence-electron chi connectivity index (χ0n) is 13.8. The third kappa shape index (κ3) is 3.33. The van der Waals surface area contributed by atoms with Gasteiger partial charge in [0.15, 0.2) is 0 Å². The molecule has 1 amide bonds. The number of rotatable bonds is 3. The lowest BCUT2D eigenvalue weighted by atomic mass is 9.85. The van der Waals surface area contributed by atoms with Crippen LogP contribution >= 0.6 is 0 Å². The van der Waals surface area contributed by atoms with Crippen LogP contribution in [0.3, 0.4) is 0 Å². The highest BCUT2D eigenvalue weighted by molar-refractivity contribution is 5.95. The van der Waals surface area contributed by atoms with Gasteiger partial charge in [-0.05, 0) is 43.4 Å². The SMILES string of the molecule is COC(=O)C1CCCC(NC(=O)c2ccc3c(c2)N(C)CC3)C1. The Morgan fingerprint density at radius 1 is 1.30 bits per heavy atom. The van der Waals surface area contributed by atoms with Crippen molar-refractivity contribution in [2.45, 2.75) is 38.1 Å². The van der Waals surface area contributed by atoms with Gasteiger partial charge in [-0.25, -0.2) is 0 Å². The number of benzene rings is 1. The Balaban J connectivity index is 1.65. The Labute approximate surface area is 137 Å². The molecule has 23 heavy (non-hydrogen) atoms. The molecule has 1 heterocycles. The maximum absolute atomic E-state index is 12.5. The third-order valence-corrected chi connectivity index (χ3v) is 5.02. The van der Waals surface area contributed by atoms with Crippen molar-refractivity contribution >= 4 is 17.6 Å². The molecule has 1 saturated carbocycles. The zero-order valence-corrected chi connectivity index (χ0v) is 13.8. The Morgan fingerprint density at radius 3 is 2.91 bits per heavy atom. The zero-order chi connectivity index (χ0) is 16.4. The fourth-order valence-corrected chi connectivity index (χ4v) is 3.65. The van der Waals surface area contributed by atoms with Gasteiger partial charge in [-0.2, -0.15) is 0 Å². The van der Waals surface area contributed by atoms with Crippen LogP contribution in [0.15, 0.2) is 18.2 Å². The van der Waals surface area contributed by atoms with E-state index in [1.54, 1.807) is 0 Å². The van der Waals surface area contributed by atoms with E-state index in [9.17, 15) is 9.59 Å². The van der Waals surface area contributed by atoms with E-state index in [1.165, 1.54) is 12.7 Å². The van der Waals surface area contributed by atoms with E-state index in [4.69, 9.17) is 4.74 Å². The predicted octanol–water partition coefficient (Wildman–Crippen LogP) is 2.14. The number of nitrogens with one attached hydrogen (secondary N) is 1. The molecule has 0 radical (unpaired) electrons. The molecule has 2 unspecified atom stereocenters. The van der Waals surface area contributed by atoms with Crippen molar-refractivity contribution < 1.29 is 14.3 Å². The van der Waals surface area contributed by atoms with E-state index in [2.05, 4.69) is 17.3 Å². The number of carbonyl (C=O) groups is 2. The number of methoxy groups -OCH3 is 1. The van der Waals surface area contributed by atoms with Crippen LogP contribution in [0.5, 0.6) is 0 Å². The largest absolute Gasteiger partial charge is 0.469 e. The fraction of sp³-hybridized carbons (Fsp3) is 0.556. The van der Waals surface area contributed by atoms with E-state index < -0.39 is 0 Å². The van der Waals surface area contributed by atoms with Crippen LogP contribution in [0.25, 0.3) is 0 Å². The van der Waals surface area contributed by atoms with E-state index in [-0.39, 0.29) is 23.8 Å². The summed E-state index contributed by atoms with van der Waals surface area (Å²) in [5, 5.41) is 3.08. The quantitative estimate of drug-likeness (QED) is 0.868. The Bertz CT molecular complexity index is 614. The van der Waals surface area contributed by atoms with Crippen LogP contribution in [0, 0.1) is 5.92 Å². The molecule has 5 heteroatoms. The molecule has 1 aromatic rings. The number of fused-ring (bicyclic) bond motifs is 1. The average Bonchev–Trinajstić information content (AvgIpc) is 2.95. The van der Waals surface area contributed by atoms with Crippen LogP contribution in [0.4, 0.5) is 5.69 Å². The minimum atomic E-state index is -0.164. The number of hydrogen-bond acceptors (Lipinski definition) is 4. The summed E-state index contributed by atoms with van der Waals surface area (Å²) in [7, 11) is 3.47. The molecule has 1 aliphatic carbocycles. The molecule has 3 rings (SSSR count). The molecule has 0 aromatic heterocycles. The normalized spacial score (nSPS) is 23.3. The number of esters is 1. The fourth-order valence-electron chi connectivity index (χ4n) is 3.65. The molecule has 124 valence electrons. The van der Waals surface area contributed by atoms with Gasteiger partial charge in [0.25, 0.3) is 5.91 Å². The van der Waals surface area contributed by atoms with Gasteiger partial charge >= 0.3 is 5.97 Å². The van der Waals surface area contributed by atoms with Crippen LogP contribution in [0.1, 0.15) is 41.6 Å². The van der Waals surface area contributed by atoms with Gasteiger partial charge in [-0.3, -0.25) is 9.59 Å². The molecular weight excluding hydrogens is 292 g/mol. The van der Waals surface area contributed by atoms with Crippen LogP contribution in [0.2, 0.25) is 0 Å². The first kappa shape index (κ1) is 15.8. The van der Waals surface area contributed by atoms with Gasteiger partial charge in [0, 0.05) is 30.9 Å². The molecular formula is C18H24N2O3. The molecule has 0 saturated heterocycles. The topological polar surface area (TPSA) is 58.6 Å². The summed E-state index contributed by atoms with van der Waals surface area (Å²) in [5.74, 6) is -0.308. The Hall–Kier alpha value is -2.04. The minimum absolute atomic E-state index is 0.0475. The van der Waals surface area contributed by atoms with Crippen molar-refractivity contribution in [3.8, 4) is 0 Å². The van der Waals surface area contributed by atoms with Crippen molar-refractivity contribution in [3.63, 3.8) is 0 Å². The second kappa shape index (κ2) is 6.60. The summed E-state index contributed by atoms with van der Waals surface area (Å²) < 4.78 is 4.83. The first-order chi connectivity index (χ1) is 11.1. The minimum Gasteiger partial charge on any atom is -0.469 e.